The molecular weight excluding hydrogens is 292 g/mol. The molecule has 6 heteroatoms. The first kappa shape index (κ1) is 16.5. The van der Waals surface area contributed by atoms with E-state index in [2.05, 4.69) is 10.00 Å². The van der Waals surface area contributed by atoms with E-state index in [0.717, 1.165) is 64.1 Å². The topological polar surface area (TPSA) is 61.6 Å². The van der Waals surface area contributed by atoms with Crippen molar-refractivity contribution in [3.05, 3.63) is 17.5 Å². The Morgan fingerprint density at radius 2 is 2.04 bits per heavy atom. The maximum absolute atomic E-state index is 12.7. The average Bonchev–Trinajstić information content (AvgIpc) is 2.95. The number of aromatic nitrogens is 2. The van der Waals surface area contributed by atoms with Gasteiger partial charge in [0, 0.05) is 32.2 Å². The Labute approximate surface area is 138 Å². The minimum Gasteiger partial charge on any atom is -0.392 e. The third-order valence-electron chi connectivity index (χ3n) is 5.12. The van der Waals surface area contributed by atoms with E-state index in [4.69, 9.17) is 0 Å². The van der Waals surface area contributed by atoms with Gasteiger partial charge in [-0.05, 0) is 52.1 Å². The van der Waals surface area contributed by atoms with Crippen LogP contribution in [0.25, 0.3) is 0 Å². The van der Waals surface area contributed by atoms with Crippen molar-refractivity contribution < 1.29 is 9.90 Å². The number of piperidine rings is 2. The van der Waals surface area contributed by atoms with Gasteiger partial charge in [-0.2, -0.15) is 5.10 Å². The molecule has 2 aliphatic rings. The van der Waals surface area contributed by atoms with Crippen LogP contribution in [0.1, 0.15) is 48.8 Å². The Kier molecular flexibility index (Phi) is 5.02. The highest BCUT2D eigenvalue weighted by atomic mass is 16.3. The van der Waals surface area contributed by atoms with Gasteiger partial charge in [0.2, 0.25) is 0 Å². The van der Waals surface area contributed by atoms with Crippen molar-refractivity contribution in [2.45, 2.75) is 58.2 Å². The second-order valence-electron chi connectivity index (χ2n) is 6.80. The first-order valence-corrected chi connectivity index (χ1v) is 8.84. The number of nitrogens with zero attached hydrogens (tertiary/aromatic N) is 4. The largest absolute Gasteiger partial charge is 0.392 e. The first-order valence-electron chi connectivity index (χ1n) is 8.84. The average molecular weight is 320 g/mol. The molecule has 0 bridgehead atoms. The van der Waals surface area contributed by atoms with E-state index in [-0.39, 0.29) is 12.0 Å². The molecule has 0 aromatic carbocycles. The number of hydrogen-bond acceptors (Lipinski definition) is 4. The van der Waals surface area contributed by atoms with Crippen LogP contribution in [-0.4, -0.2) is 68.9 Å². The van der Waals surface area contributed by atoms with Crippen molar-refractivity contribution in [2.75, 3.05) is 26.2 Å². The van der Waals surface area contributed by atoms with Crippen molar-refractivity contribution in [3.8, 4) is 0 Å². The lowest BCUT2D eigenvalue weighted by molar-refractivity contribution is 0.0238. The second-order valence-corrected chi connectivity index (χ2v) is 6.80. The Hall–Kier alpha value is -1.40. The smallest absolute Gasteiger partial charge is 0.272 e. The van der Waals surface area contributed by atoms with Crippen LogP contribution in [0.15, 0.2) is 6.07 Å². The molecule has 0 spiro atoms. The quantitative estimate of drug-likeness (QED) is 0.911. The van der Waals surface area contributed by atoms with Crippen LogP contribution < -0.4 is 0 Å². The number of hydrogen-bond donors (Lipinski definition) is 1. The molecule has 0 unspecified atom stereocenters. The van der Waals surface area contributed by atoms with E-state index in [0.29, 0.717) is 11.7 Å². The van der Waals surface area contributed by atoms with E-state index in [1.165, 1.54) is 0 Å². The molecule has 128 valence electrons. The number of aliphatic hydroxyl groups is 1. The highest BCUT2D eigenvalue weighted by molar-refractivity contribution is 5.92. The monoisotopic (exact) mass is 320 g/mol. The molecule has 1 aromatic heterocycles. The molecule has 0 aliphatic carbocycles. The number of β-amino-alcohol motifs (C(OH)–C–C–N with tert-alkyl or cyclic N) is 1. The summed E-state index contributed by atoms with van der Waals surface area (Å²) in [5.41, 5.74) is 1.60. The fourth-order valence-corrected chi connectivity index (χ4v) is 3.87. The van der Waals surface area contributed by atoms with E-state index < -0.39 is 0 Å². The summed E-state index contributed by atoms with van der Waals surface area (Å²) >= 11 is 0. The van der Waals surface area contributed by atoms with Crippen LogP contribution in [0.3, 0.4) is 0 Å². The number of amides is 1. The Bertz CT molecular complexity index is 549. The lowest BCUT2D eigenvalue weighted by atomic mass is 9.99. The predicted molar refractivity (Wildman–Crippen MR) is 88.4 cm³/mol. The summed E-state index contributed by atoms with van der Waals surface area (Å²) in [6, 6.07) is 2.39. The van der Waals surface area contributed by atoms with Crippen molar-refractivity contribution in [3.63, 3.8) is 0 Å². The normalized spacial score (nSPS) is 24.1. The minimum atomic E-state index is -0.176. The van der Waals surface area contributed by atoms with Gasteiger partial charge in [0.05, 0.1) is 11.8 Å². The highest BCUT2D eigenvalue weighted by Gasteiger charge is 2.30. The molecule has 2 fully saturated rings. The maximum Gasteiger partial charge on any atom is 0.272 e. The third kappa shape index (κ3) is 3.58. The summed E-state index contributed by atoms with van der Waals surface area (Å²) in [4.78, 5) is 17.1. The summed E-state index contributed by atoms with van der Waals surface area (Å²) in [7, 11) is 0. The van der Waals surface area contributed by atoms with Gasteiger partial charge in [0.25, 0.3) is 5.91 Å². The molecule has 23 heavy (non-hydrogen) atoms. The zero-order valence-electron chi connectivity index (χ0n) is 14.2. The standard InChI is InChI=1S/C17H28N4O2/c1-3-21-16(11-13(2)18-21)17(23)19-9-6-14(7-10-19)20-8-4-5-15(22)12-20/h11,14-15,22H,3-10,12H2,1-2H3/t15-/m1/s1. The summed E-state index contributed by atoms with van der Waals surface area (Å²) < 4.78 is 1.80. The molecule has 2 aliphatic heterocycles. The molecule has 1 aromatic rings. The number of aliphatic hydroxyl groups excluding tert-OH is 1. The number of carbonyl (C=O) groups excluding carboxylic acids is 1. The van der Waals surface area contributed by atoms with Gasteiger partial charge in [-0.1, -0.05) is 0 Å². The van der Waals surface area contributed by atoms with E-state index in [9.17, 15) is 9.90 Å². The fourth-order valence-electron chi connectivity index (χ4n) is 3.87. The number of likely N-dealkylation sites (tertiary alicyclic amines) is 2. The van der Waals surface area contributed by atoms with Gasteiger partial charge in [0.1, 0.15) is 5.69 Å². The summed E-state index contributed by atoms with van der Waals surface area (Å²) in [6.45, 7) is 8.12. The molecular formula is C17H28N4O2. The molecule has 3 heterocycles. The molecule has 2 saturated heterocycles. The summed E-state index contributed by atoms with van der Waals surface area (Å²) in [5.74, 6) is 0.101. The van der Waals surface area contributed by atoms with Crippen LogP contribution in [0.4, 0.5) is 0 Å². The van der Waals surface area contributed by atoms with Gasteiger partial charge in [-0.15, -0.1) is 0 Å². The second kappa shape index (κ2) is 7.01. The van der Waals surface area contributed by atoms with Crippen LogP contribution >= 0.6 is 0 Å². The van der Waals surface area contributed by atoms with Gasteiger partial charge in [-0.25, -0.2) is 0 Å². The van der Waals surface area contributed by atoms with Crippen LogP contribution in [-0.2, 0) is 6.54 Å². The molecule has 0 saturated carbocycles. The van der Waals surface area contributed by atoms with E-state index in [1.54, 1.807) is 4.68 Å². The Balaban J connectivity index is 1.59. The Morgan fingerprint density at radius 3 is 2.70 bits per heavy atom. The van der Waals surface area contributed by atoms with Crippen molar-refractivity contribution in [1.82, 2.24) is 19.6 Å². The van der Waals surface area contributed by atoms with Crippen LogP contribution in [0.5, 0.6) is 0 Å². The minimum absolute atomic E-state index is 0.101. The van der Waals surface area contributed by atoms with Crippen LogP contribution in [0, 0.1) is 6.92 Å². The maximum atomic E-state index is 12.7. The molecule has 0 radical (unpaired) electrons. The van der Waals surface area contributed by atoms with Crippen LogP contribution in [0.2, 0.25) is 0 Å². The fraction of sp³-hybridized carbons (Fsp3) is 0.765. The summed E-state index contributed by atoms with van der Waals surface area (Å²) in [5, 5.41) is 14.2. The third-order valence-corrected chi connectivity index (χ3v) is 5.12. The Morgan fingerprint density at radius 1 is 1.30 bits per heavy atom. The number of aryl methyl sites for hydroxylation is 2. The van der Waals surface area contributed by atoms with E-state index >= 15 is 0 Å². The summed E-state index contributed by atoms with van der Waals surface area (Å²) in [6.07, 6.45) is 3.82. The van der Waals surface area contributed by atoms with Gasteiger partial charge >= 0.3 is 0 Å². The number of carbonyl (C=O) groups is 1. The van der Waals surface area contributed by atoms with Crippen molar-refractivity contribution in [2.24, 2.45) is 0 Å². The molecule has 6 nitrogen and oxygen atoms in total. The lowest BCUT2D eigenvalue weighted by Gasteiger charge is -2.41. The van der Waals surface area contributed by atoms with E-state index in [1.807, 2.05) is 24.8 Å². The van der Waals surface area contributed by atoms with Crippen molar-refractivity contribution >= 4 is 5.91 Å². The SMILES string of the molecule is CCn1nc(C)cc1C(=O)N1CCC(N2CCC[C@@H](O)C2)CC1. The van der Waals surface area contributed by atoms with Gasteiger partial charge in [0.15, 0.2) is 0 Å². The molecule has 1 atom stereocenters. The van der Waals surface area contributed by atoms with Gasteiger partial charge < -0.3 is 10.0 Å². The molecule has 1 N–H and O–H groups in total. The number of rotatable bonds is 3. The lowest BCUT2D eigenvalue weighted by Crippen LogP contribution is -2.50. The highest BCUT2D eigenvalue weighted by Crippen LogP contribution is 2.22. The van der Waals surface area contributed by atoms with Crippen molar-refractivity contribution in [1.29, 1.82) is 0 Å². The first-order chi connectivity index (χ1) is 11.1. The zero-order valence-corrected chi connectivity index (χ0v) is 14.2. The molecule has 3 rings (SSSR count). The zero-order chi connectivity index (χ0) is 16.4. The molecule has 1 amide bonds. The van der Waals surface area contributed by atoms with Gasteiger partial charge in [-0.3, -0.25) is 14.4 Å². The predicted octanol–water partition coefficient (Wildman–Crippen LogP) is 1.27.